The Kier molecular flexibility index (Phi) is 4.54. The number of fused-ring (bicyclic) bond motifs is 1. The summed E-state index contributed by atoms with van der Waals surface area (Å²) in [6.45, 7) is 5.26. The average Bonchev–Trinajstić information content (AvgIpc) is 2.96. The minimum Gasteiger partial charge on any atom is -0.493 e. The van der Waals surface area contributed by atoms with Crippen molar-refractivity contribution in [2.45, 2.75) is 37.0 Å². The van der Waals surface area contributed by atoms with E-state index in [0.717, 1.165) is 18.1 Å². The van der Waals surface area contributed by atoms with E-state index in [4.69, 9.17) is 4.74 Å². The van der Waals surface area contributed by atoms with Gasteiger partial charge in [0, 0.05) is 16.6 Å². The highest BCUT2D eigenvalue weighted by atomic mass is 32.2. The molecule has 1 aliphatic rings. The molecule has 2 heteroatoms. The lowest BCUT2D eigenvalue weighted by Crippen LogP contribution is -2.09. The Bertz CT molecular complexity index is 591. The number of ether oxygens (including phenoxy) is 1. The van der Waals surface area contributed by atoms with E-state index in [0.29, 0.717) is 11.8 Å². The lowest BCUT2D eigenvalue weighted by molar-refractivity contribution is 0.298. The van der Waals surface area contributed by atoms with Crippen molar-refractivity contribution in [2.24, 2.45) is 0 Å². The van der Waals surface area contributed by atoms with E-state index < -0.39 is 0 Å². The Morgan fingerprint density at radius 2 is 1.90 bits per heavy atom. The van der Waals surface area contributed by atoms with Crippen LogP contribution in [-0.4, -0.2) is 12.4 Å². The molecule has 2 aromatic rings. The minimum absolute atomic E-state index is 0.514. The van der Waals surface area contributed by atoms with Crippen LogP contribution in [0.4, 0.5) is 0 Å². The van der Waals surface area contributed by atoms with E-state index in [2.05, 4.69) is 62.4 Å². The molecule has 0 saturated carbocycles. The molecule has 1 heterocycles. The molecule has 2 unspecified atom stereocenters. The quantitative estimate of drug-likeness (QED) is 0.724. The summed E-state index contributed by atoms with van der Waals surface area (Å²) in [6, 6.07) is 17.3. The Morgan fingerprint density at radius 1 is 1.14 bits per heavy atom. The maximum Gasteiger partial charge on any atom is 0.119 e. The van der Waals surface area contributed by atoms with Crippen LogP contribution in [0.5, 0.6) is 5.75 Å². The molecule has 0 N–H and O–H groups in total. The predicted octanol–water partition coefficient (Wildman–Crippen LogP) is 5.47. The molecule has 0 aromatic heterocycles. The van der Waals surface area contributed by atoms with Gasteiger partial charge in [0.1, 0.15) is 5.75 Å². The van der Waals surface area contributed by atoms with Gasteiger partial charge in [-0.05, 0) is 41.7 Å². The van der Waals surface area contributed by atoms with E-state index in [1.165, 1.54) is 22.4 Å². The van der Waals surface area contributed by atoms with E-state index in [1.807, 2.05) is 11.8 Å². The summed E-state index contributed by atoms with van der Waals surface area (Å²) in [5.41, 5.74) is 2.84. The first-order chi connectivity index (χ1) is 10.3. The molecule has 0 spiro atoms. The van der Waals surface area contributed by atoms with Crippen molar-refractivity contribution in [1.82, 2.24) is 0 Å². The highest BCUT2D eigenvalue weighted by molar-refractivity contribution is 7.99. The van der Waals surface area contributed by atoms with Gasteiger partial charge in [0.25, 0.3) is 0 Å². The summed E-state index contributed by atoms with van der Waals surface area (Å²) in [5, 5.41) is 0. The second kappa shape index (κ2) is 6.57. The normalized spacial score (nSPS) is 18.3. The third kappa shape index (κ3) is 3.26. The lowest BCUT2D eigenvalue weighted by atomic mass is 9.99. The Balaban J connectivity index is 1.61. The fraction of sp³-hybridized carbons (Fsp3) is 0.368. The van der Waals surface area contributed by atoms with Crippen molar-refractivity contribution in [2.75, 3.05) is 12.4 Å². The fourth-order valence-corrected chi connectivity index (χ4v) is 3.93. The molecule has 2 aromatic carbocycles. The second-order valence-electron chi connectivity index (χ2n) is 5.74. The van der Waals surface area contributed by atoms with Crippen LogP contribution in [0.2, 0.25) is 0 Å². The van der Waals surface area contributed by atoms with Gasteiger partial charge >= 0.3 is 0 Å². The van der Waals surface area contributed by atoms with E-state index in [9.17, 15) is 0 Å². The molecular formula is C19H22OS. The van der Waals surface area contributed by atoms with Crippen LogP contribution in [0.1, 0.15) is 43.2 Å². The number of rotatable bonds is 5. The van der Waals surface area contributed by atoms with Crippen LogP contribution in [-0.2, 0) is 0 Å². The van der Waals surface area contributed by atoms with Gasteiger partial charge in [0.15, 0.2) is 0 Å². The third-order valence-electron chi connectivity index (χ3n) is 4.31. The molecular weight excluding hydrogens is 276 g/mol. The van der Waals surface area contributed by atoms with Gasteiger partial charge in [0.2, 0.25) is 0 Å². The first kappa shape index (κ1) is 14.5. The zero-order chi connectivity index (χ0) is 14.7. The fourth-order valence-electron chi connectivity index (χ4n) is 2.69. The Hall–Kier alpha value is -1.41. The number of thioether (sulfide) groups is 1. The van der Waals surface area contributed by atoms with Crippen LogP contribution < -0.4 is 4.74 Å². The van der Waals surface area contributed by atoms with Gasteiger partial charge in [-0.2, -0.15) is 0 Å². The van der Waals surface area contributed by atoms with Gasteiger partial charge in [-0.1, -0.05) is 44.2 Å². The van der Waals surface area contributed by atoms with Crippen molar-refractivity contribution < 1.29 is 4.74 Å². The average molecular weight is 298 g/mol. The van der Waals surface area contributed by atoms with Crippen molar-refractivity contribution in [3.05, 3.63) is 59.7 Å². The molecule has 0 aliphatic carbocycles. The monoisotopic (exact) mass is 298 g/mol. The molecule has 1 nitrogen and oxygen atoms in total. The predicted molar refractivity (Wildman–Crippen MR) is 90.6 cm³/mol. The molecule has 3 rings (SSSR count). The minimum atomic E-state index is 0.514. The Labute approximate surface area is 131 Å². The highest BCUT2D eigenvalue weighted by Crippen LogP contribution is 2.39. The maximum atomic E-state index is 6.00. The van der Waals surface area contributed by atoms with Crippen molar-refractivity contribution >= 4 is 11.8 Å². The standard InChI is InChI=1S/C19H22OS/c1-3-14(2)15-8-10-17(11-9-15)20-12-16-13-21-19-7-5-4-6-18(16)19/h4-11,14,16H,3,12-13H2,1-2H3. The van der Waals surface area contributed by atoms with E-state index >= 15 is 0 Å². The smallest absolute Gasteiger partial charge is 0.119 e. The molecule has 0 amide bonds. The van der Waals surface area contributed by atoms with Crippen LogP contribution in [0, 0.1) is 0 Å². The summed E-state index contributed by atoms with van der Waals surface area (Å²) in [5.74, 6) is 3.25. The summed E-state index contributed by atoms with van der Waals surface area (Å²) in [7, 11) is 0. The maximum absolute atomic E-state index is 6.00. The van der Waals surface area contributed by atoms with Crippen LogP contribution in [0.3, 0.4) is 0 Å². The van der Waals surface area contributed by atoms with Crippen molar-refractivity contribution in [3.63, 3.8) is 0 Å². The molecule has 0 fully saturated rings. The zero-order valence-corrected chi connectivity index (χ0v) is 13.5. The molecule has 1 aliphatic heterocycles. The third-order valence-corrected chi connectivity index (χ3v) is 5.56. The Morgan fingerprint density at radius 3 is 2.67 bits per heavy atom. The number of benzene rings is 2. The number of hydrogen-bond acceptors (Lipinski definition) is 2. The molecule has 0 saturated heterocycles. The van der Waals surface area contributed by atoms with Crippen LogP contribution >= 0.6 is 11.8 Å². The lowest BCUT2D eigenvalue weighted by Gasteiger charge is -2.14. The SMILES string of the molecule is CCC(C)c1ccc(OCC2CSc3ccccc32)cc1. The van der Waals surface area contributed by atoms with Crippen LogP contribution in [0.25, 0.3) is 0 Å². The summed E-state index contributed by atoms with van der Waals surface area (Å²) >= 11 is 1.94. The van der Waals surface area contributed by atoms with Gasteiger partial charge in [-0.25, -0.2) is 0 Å². The van der Waals surface area contributed by atoms with Crippen molar-refractivity contribution in [3.8, 4) is 5.75 Å². The van der Waals surface area contributed by atoms with E-state index in [1.54, 1.807) is 0 Å². The van der Waals surface area contributed by atoms with Crippen LogP contribution in [0.15, 0.2) is 53.4 Å². The first-order valence-corrected chi connectivity index (χ1v) is 8.71. The van der Waals surface area contributed by atoms with Gasteiger partial charge in [0.05, 0.1) is 6.61 Å². The van der Waals surface area contributed by atoms with Gasteiger partial charge in [-0.3, -0.25) is 0 Å². The molecule has 0 bridgehead atoms. The van der Waals surface area contributed by atoms with Gasteiger partial charge < -0.3 is 4.74 Å². The number of hydrogen-bond donors (Lipinski definition) is 0. The highest BCUT2D eigenvalue weighted by Gasteiger charge is 2.23. The topological polar surface area (TPSA) is 9.23 Å². The molecule has 21 heavy (non-hydrogen) atoms. The zero-order valence-electron chi connectivity index (χ0n) is 12.7. The summed E-state index contributed by atoms with van der Waals surface area (Å²) in [4.78, 5) is 1.42. The molecule has 110 valence electrons. The summed E-state index contributed by atoms with van der Waals surface area (Å²) in [6.07, 6.45) is 1.18. The van der Waals surface area contributed by atoms with E-state index in [-0.39, 0.29) is 0 Å². The largest absolute Gasteiger partial charge is 0.493 e. The summed E-state index contributed by atoms with van der Waals surface area (Å²) < 4.78 is 6.00. The van der Waals surface area contributed by atoms with Gasteiger partial charge in [-0.15, -0.1) is 11.8 Å². The van der Waals surface area contributed by atoms with Crippen molar-refractivity contribution in [1.29, 1.82) is 0 Å². The molecule has 2 atom stereocenters. The molecule has 0 radical (unpaired) electrons. The second-order valence-corrected chi connectivity index (χ2v) is 6.80. The first-order valence-electron chi connectivity index (χ1n) is 7.72.